The molecule has 1 aliphatic heterocycles. The van der Waals surface area contributed by atoms with Crippen molar-refractivity contribution in [2.45, 2.75) is 39.2 Å². The predicted molar refractivity (Wildman–Crippen MR) is 115 cm³/mol. The van der Waals surface area contributed by atoms with Crippen LogP contribution in [0.25, 0.3) is 0 Å². The van der Waals surface area contributed by atoms with Crippen LogP contribution in [0.4, 0.5) is 10.1 Å². The summed E-state index contributed by atoms with van der Waals surface area (Å²) in [5.41, 5.74) is 1.14. The van der Waals surface area contributed by atoms with Crippen molar-refractivity contribution in [3.63, 3.8) is 0 Å². The van der Waals surface area contributed by atoms with E-state index in [9.17, 15) is 18.8 Å². The van der Waals surface area contributed by atoms with Crippen molar-refractivity contribution < 1.29 is 23.5 Å². The lowest BCUT2D eigenvalue weighted by Gasteiger charge is -2.34. The number of nitrogens with zero attached hydrogens (tertiary/aromatic N) is 1. The first-order chi connectivity index (χ1) is 14.5. The molecule has 0 radical (unpaired) electrons. The van der Waals surface area contributed by atoms with Gasteiger partial charge in [0, 0.05) is 37.2 Å². The third-order valence-corrected chi connectivity index (χ3v) is 6.06. The van der Waals surface area contributed by atoms with Crippen molar-refractivity contribution in [1.82, 2.24) is 9.88 Å². The van der Waals surface area contributed by atoms with Gasteiger partial charge >= 0.3 is 0 Å². The molecule has 166 valence electrons. The largest absolute Gasteiger partial charge is 0.381 e. The number of carbonyl (C=O) groups is 3. The van der Waals surface area contributed by atoms with Gasteiger partial charge in [0.05, 0.1) is 16.3 Å². The molecule has 1 fully saturated rings. The fourth-order valence-corrected chi connectivity index (χ4v) is 3.97. The number of ketones is 1. The van der Waals surface area contributed by atoms with Crippen LogP contribution in [0.1, 0.15) is 51.9 Å². The molecular weight excluding hydrogens is 425 g/mol. The highest BCUT2D eigenvalue weighted by Crippen LogP contribution is 2.26. The van der Waals surface area contributed by atoms with Crippen LogP contribution in [0.2, 0.25) is 5.02 Å². The molecule has 1 aromatic carbocycles. The van der Waals surface area contributed by atoms with E-state index in [1.807, 2.05) is 6.92 Å². The molecule has 2 aromatic rings. The molecule has 2 heterocycles. The Hall–Kier alpha value is -2.71. The van der Waals surface area contributed by atoms with E-state index in [4.69, 9.17) is 16.3 Å². The third-order valence-electron chi connectivity index (χ3n) is 5.77. The van der Waals surface area contributed by atoms with Gasteiger partial charge in [0.1, 0.15) is 5.82 Å². The Morgan fingerprint density at radius 2 is 1.84 bits per heavy atom. The summed E-state index contributed by atoms with van der Waals surface area (Å²) in [7, 11) is 1.63. The molecule has 0 spiro atoms. The minimum atomic E-state index is -0.717. The second-order valence-corrected chi connectivity index (χ2v) is 8.44. The van der Waals surface area contributed by atoms with E-state index in [0.717, 1.165) is 6.07 Å². The van der Waals surface area contributed by atoms with Crippen molar-refractivity contribution in [2.75, 3.05) is 18.5 Å². The summed E-state index contributed by atoms with van der Waals surface area (Å²) in [6.45, 7) is 6.23. The maximum absolute atomic E-state index is 13.4. The van der Waals surface area contributed by atoms with E-state index < -0.39 is 29.0 Å². The van der Waals surface area contributed by atoms with Crippen molar-refractivity contribution >= 4 is 34.9 Å². The zero-order valence-electron chi connectivity index (χ0n) is 17.9. The zero-order valence-corrected chi connectivity index (χ0v) is 18.7. The molecular formula is C22H25ClFN3O4. The number of ether oxygens (including phenoxy) is 1. The number of hydrogen-bond donors (Lipinski definition) is 2. The minimum Gasteiger partial charge on any atom is -0.381 e. The Bertz CT molecular complexity index is 1060. The number of rotatable bonds is 5. The Labute approximate surface area is 184 Å². The SMILES string of the molecule is Cc1c(C(=O)Nc2ccc(F)c(Cl)c2)c(C)n(C)c1C(=O)C(=O)NC1(C)CCOCC1. The topological polar surface area (TPSA) is 89.4 Å². The van der Waals surface area contributed by atoms with Crippen molar-refractivity contribution in [3.05, 3.63) is 51.6 Å². The van der Waals surface area contributed by atoms with E-state index >= 15 is 0 Å². The van der Waals surface area contributed by atoms with Crippen LogP contribution in [0.5, 0.6) is 0 Å². The van der Waals surface area contributed by atoms with Gasteiger partial charge in [0.2, 0.25) is 0 Å². The number of halogens is 2. The van der Waals surface area contributed by atoms with Crippen LogP contribution in [-0.2, 0) is 16.6 Å². The molecule has 9 heteroatoms. The van der Waals surface area contributed by atoms with Gasteiger partial charge in [0.25, 0.3) is 17.6 Å². The number of nitrogens with one attached hydrogen (secondary N) is 2. The molecule has 2 amide bonds. The summed E-state index contributed by atoms with van der Waals surface area (Å²) < 4.78 is 20.2. The molecule has 1 aromatic heterocycles. The average molecular weight is 450 g/mol. The maximum atomic E-state index is 13.4. The van der Waals surface area contributed by atoms with Crippen LogP contribution in [0, 0.1) is 19.7 Å². The molecule has 0 atom stereocenters. The fourth-order valence-electron chi connectivity index (χ4n) is 3.79. The summed E-state index contributed by atoms with van der Waals surface area (Å²) in [6, 6.07) is 3.84. The highest BCUT2D eigenvalue weighted by molar-refractivity contribution is 6.43. The molecule has 7 nitrogen and oxygen atoms in total. The standard InChI is InChI=1S/C22H25ClFN3O4/c1-12-17(20(29)25-14-5-6-16(24)15(23)11-14)13(2)27(4)18(12)19(28)21(30)26-22(3)7-9-31-10-8-22/h5-6,11H,7-10H2,1-4H3,(H,25,29)(H,26,30). The quantitative estimate of drug-likeness (QED) is 0.539. The molecule has 0 saturated carbocycles. The smallest absolute Gasteiger partial charge is 0.294 e. The lowest BCUT2D eigenvalue weighted by Crippen LogP contribution is -2.51. The van der Waals surface area contributed by atoms with Gasteiger partial charge < -0.3 is 19.9 Å². The fraction of sp³-hybridized carbons (Fsp3) is 0.409. The van der Waals surface area contributed by atoms with Crippen LogP contribution >= 0.6 is 11.6 Å². The monoisotopic (exact) mass is 449 g/mol. The minimum absolute atomic E-state index is 0.117. The second-order valence-electron chi connectivity index (χ2n) is 8.03. The summed E-state index contributed by atoms with van der Waals surface area (Å²) in [4.78, 5) is 38.6. The van der Waals surface area contributed by atoms with E-state index in [-0.39, 0.29) is 16.3 Å². The van der Waals surface area contributed by atoms with E-state index in [1.54, 1.807) is 20.9 Å². The first kappa shape index (κ1) is 23.0. The van der Waals surface area contributed by atoms with E-state index in [2.05, 4.69) is 10.6 Å². The molecule has 3 rings (SSSR count). The molecule has 1 aliphatic rings. The van der Waals surface area contributed by atoms with Crippen LogP contribution in [0.15, 0.2) is 18.2 Å². The normalized spacial score (nSPS) is 15.4. The van der Waals surface area contributed by atoms with Gasteiger partial charge in [-0.2, -0.15) is 0 Å². The lowest BCUT2D eigenvalue weighted by molar-refractivity contribution is -0.119. The summed E-state index contributed by atoms with van der Waals surface area (Å²) >= 11 is 5.78. The number of carbonyl (C=O) groups excluding carboxylic acids is 3. The van der Waals surface area contributed by atoms with Crippen molar-refractivity contribution in [1.29, 1.82) is 0 Å². The molecule has 0 bridgehead atoms. The van der Waals surface area contributed by atoms with Gasteiger partial charge in [-0.25, -0.2) is 4.39 Å². The average Bonchev–Trinajstić information content (AvgIpc) is 2.93. The van der Waals surface area contributed by atoms with Crippen LogP contribution in [0.3, 0.4) is 0 Å². The molecule has 31 heavy (non-hydrogen) atoms. The van der Waals surface area contributed by atoms with E-state index in [0.29, 0.717) is 43.0 Å². The Balaban J connectivity index is 1.85. The van der Waals surface area contributed by atoms with Gasteiger partial charge in [-0.1, -0.05) is 11.6 Å². The van der Waals surface area contributed by atoms with Gasteiger partial charge in [-0.3, -0.25) is 14.4 Å². The van der Waals surface area contributed by atoms with Gasteiger partial charge in [-0.05, 0) is 57.4 Å². The number of Topliss-reactive ketones (excluding diaryl/α,β-unsaturated/α-hetero) is 1. The molecule has 0 aliphatic carbocycles. The zero-order chi connectivity index (χ0) is 22.9. The molecule has 2 N–H and O–H groups in total. The Morgan fingerprint density at radius 3 is 2.45 bits per heavy atom. The highest BCUT2D eigenvalue weighted by Gasteiger charge is 2.34. The summed E-state index contributed by atoms with van der Waals surface area (Å²) in [6.07, 6.45) is 1.23. The number of amides is 2. The maximum Gasteiger partial charge on any atom is 0.294 e. The van der Waals surface area contributed by atoms with Gasteiger partial charge in [-0.15, -0.1) is 0 Å². The number of hydrogen-bond acceptors (Lipinski definition) is 4. The lowest BCUT2D eigenvalue weighted by atomic mass is 9.92. The first-order valence-electron chi connectivity index (χ1n) is 9.91. The molecule has 1 saturated heterocycles. The summed E-state index contributed by atoms with van der Waals surface area (Å²) in [5, 5.41) is 5.37. The highest BCUT2D eigenvalue weighted by atomic mass is 35.5. The second kappa shape index (κ2) is 8.80. The van der Waals surface area contributed by atoms with Crippen LogP contribution in [-0.4, -0.2) is 40.9 Å². The predicted octanol–water partition coefficient (Wildman–Crippen LogP) is 3.55. The van der Waals surface area contributed by atoms with Crippen LogP contribution < -0.4 is 10.6 Å². The number of aromatic nitrogens is 1. The van der Waals surface area contributed by atoms with Gasteiger partial charge in [0.15, 0.2) is 0 Å². The van der Waals surface area contributed by atoms with Crippen molar-refractivity contribution in [2.24, 2.45) is 7.05 Å². The first-order valence-corrected chi connectivity index (χ1v) is 10.3. The third kappa shape index (κ3) is 4.65. The summed E-state index contributed by atoms with van der Waals surface area (Å²) in [5.74, 6) is -2.50. The number of anilines is 1. The Morgan fingerprint density at radius 1 is 1.19 bits per heavy atom. The Kier molecular flexibility index (Phi) is 6.52. The number of benzene rings is 1. The molecule has 0 unspecified atom stereocenters. The van der Waals surface area contributed by atoms with Crippen molar-refractivity contribution in [3.8, 4) is 0 Å². The van der Waals surface area contributed by atoms with E-state index in [1.165, 1.54) is 16.7 Å².